The van der Waals surface area contributed by atoms with E-state index in [0.29, 0.717) is 26.2 Å². The Morgan fingerprint density at radius 2 is 1.81 bits per heavy atom. The van der Waals surface area contributed by atoms with E-state index < -0.39 is 10.2 Å². The molecule has 6 nitrogen and oxygen atoms in total. The lowest BCUT2D eigenvalue weighted by Gasteiger charge is -2.25. The Morgan fingerprint density at radius 1 is 1.24 bits per heavy atom. The van der Waals surface area contributed by atoms with Crippen LogP contribution in [-0.2, 0) is 10.2 Å². The van der Waals surface area contributed by atoms with Gasteiger partial charge in [-0.25, -0.2) is 9.97 Å². The highest BCUT2D eigenvalue weighted by atomic mass is 32.2. The minimum atomic E-state index is -3.35. The molecule has 2 heterocycles. The summed E-state index contributed by atoms with van der Waals surface area (Å²) in [5.74, 6) is 0.860. The maximum Gasteiger partial charge on any atom is 0.281 e. The van der Waals surface area contributed by atoms with E-state index in [0.717, 1.165) is 23.6 Å². The fourth-order valence-electron chi connectivity index (χ4n) is 2.80. The Labute approximate surface area is 127 Å². The van der Waals surface area contributed by atoms with Gasteiger partial charge in [0.2, 0.25) is 0 Å². The summed E-state index contributed by atoms with van der Waals surface area (Å²) in [6, 6.07) is 1.93. The molecule has 0 aliphatic carbocycles. The van der Waals surface area contributed by atoms with Gasteiger partial charge in [-0.2, -0.15) is 17.0 Å². The smallest absolute Gasteiger partial charge is 0.238 e. The van der Waals surface area contributed by atoms with Gasteiger partial charge in [0, 0.05) is 43.5 Å². The molecule has 0 aromatic carbocycles. The zero-order valence-corrected chi connectivity index (χ0v) is 14.0. The number of rotatable bonds is 5. The molecule has 21 heavy (non-hydrogen) atoms. The van der Waals surface area contributed by atoms with E-state index in [4.69, 9.17) is 0 Å². The molecule has 0 unspecified atom stereocenters. The summed E-state index contributed by atoms with van der Waals surface area (Å²) in [4.78, 5) is 8.94. The second-order valence-corrected chi connectivity index (χ2v) is 7.37. The molecule has 1 aromatic heterocycles. The van der Waals surface area contributed by atoms with E-state index in [9.17, 15) is 8.42 Å². The number of nitrogens with zero attached hydrogens (tertiary/aromatic N) is 4. The van der Waals surface area contributed by atoms with Gasteiger partial charge in [-0.1, -0.05) is 13.8 Å². The molecule has 2 rings (SSSR count). The van der Waals surface area contributed by atoms with Crippen LogP contribution in [0.25, 0.3) is 0 Å². The van der Waals surface area contributed by atoms with Gasteiger partial charge in [-0.05, 0) is 26.3 Å². The van der Waals surface area contributed by atoms with Crippen molar-refractivity contribution in [2.24, 2.45) is 0 Å². The van der Waals surface area contributed by atoms with Gasteiger partial charge < -0.3 is 0 Å². The van der Waals surface area contributed by atoms with E-state index >= 15 is 0 Å². The minimum Gasteiger partial charge on any atom is -0.238 e. The number of hydrogen-bond donors (Lipinski definition) is 0. The van der Waals surface area contributed by atoms with Crippen LogP contribution in [0.1, 0.15) is 43.4 Å². The summed E-state index contributed by atoms with van der Waals surface area (Å²) in [7, 11) is -3.35. The summed E-state index contributed by atoms with van der Waals surface area (Å²) in [6.45, 7) is 9.63. The first-order valence-electron chi connectivity index (χ1n) is 7.45. The Morgan fingerprint density at radius 3 is 2.33 bits per heavy atom. The van der Waals surface area contributed by atoms with Crippen LogP contribution in [0.15, 0.2) is 6.07 Å². The number of hydrogen-bond acceptors (Lipinski definition) is 4. The normalized spacial score (nSPS) is 20.3. The van der Waals surface area contributed by atoms with E-state index in [1.165, 1.54) is 4.31 Å². The Hall–Kier alpha value is -1.05. The van der Waals surface area contributed by atoms with Gasteiger partial charge in [-0.15, -0.1) is 0 Å². The lowest BCUT2D eigenvalue weighted by atomic mass is 10.1. The topological polar surface area (TPSA) is 66.4 Å². The Balaban J connectivity index is 2.17. The molecule has 0 spiro atoms. The third-order valence-electron chi connectivity index (χ3n) is 3.87. The summed E-state index contributed by atoms with van der Waals surface area (Å²) in [5.41, 5.74) is 1.87. The standard InChI is InChI=1S/C14H24N4O2S/c1-5-17(6-2)21(19,20)18-8-7-13(10-18)14-15-11(3)9-12(4)16-14/h9,13H,5-8,10H2,1-4H3/t13-/m1/s1. The van der Waals surface area contributed by atoms with Gasteiger partial charge in [0.05, 0.1) is 0 Å². The van der Waals surface area contributed by atoms with Crippen molar-refractivity contribution in [3.8, 4) is 0 Å². The molecule has 7 heteroatoms. The second kappa shape index (κ2) is 6.37. The van der Waals surface area contributed by atoms with E-state index in [2.05, 4.69) is 9.97 Å². The highest BCUT2D eigenvalue weighted by Gasteiger charge is 2.36. The van der Waals surface area contributed by atoms with Crippen molar-refractivity contribution in [1.29, 1.82) is 0 Å². The molecule has 1 aliphatic rings. The summed E-state index contributed by atoms with van der Waals surface area (Å²) >= 11 is 0. The van der Waals surface area contributed by atoms with Gasteiger partial charge in [0.1, 0.15) is 5.82 Å². The fraction of sp³-hybridized carbons (Fsp3) is 0.714. The van der Waals surface area contributed by atoms with Crippen molar-refractivity contribution in [2.45, 2.75) is 40.0 Å². The third kappa shape index (κ3) is 3.41. The first-order chi connectivity index (χ1) is 9.88. The first kappa shape index (κ1) is 16.3. The zero-order valence-electron chi connectivity index (χ0n) is 13.2. The maximum atomic E-state index is 12.5. The monoisotopic (exact) mass is 312 g/mol. The van der Waals surface area contributed by atoms with Crippen LogP contribution >= 0.6 is 0 Å². The maximum absolute atomic E-state index is 12.5. The molecule has 1 saturated heterocycles. The molecule has 0 amide bonds. The van der Waals surface area contributed by atoms with E-state index in [1.807, 2.05) is 33.8 Å². The van der Waals surface area contributed by atoms with Crippen molar-refractivity contribution in [2.75, 3.05) is 26.2 Å². The van der Waals surface area contributed by atoms with Crippen LogP contribution in [0.4, 0.5) is 0 Å². The van der Waals surface area contributed by atoms with Crippen molar-refractivity contribution in [3.05, 3.63) is 23.3 Å². The lowest BCUT2D eigenvalue weighted by molar-refractivity contribution is 0.377. The van der Waals surface area contributed by atoms with Crippen molar-refractivity contribution >= 4 is 10.2 Å². The van der Waals surface area contributed by atoms with Gasteiger partial charge in [-0.3, -0.25) is 0 Å². The quantitative estimate of drug-likeness (QED) is 0.826. The first-order valence-corrected chi connectivity index (χ1v) is 8.85. The van der Waals surface area contributed by atoms with E-state index in [1.54, 1.807) is 4.31 Å². The average Bonchev–Trinajstić information content (AvgIpc) is 2.89. The van der Waals surface area contributed by atoms with Crippen molar-refractivity contribution < 1.29 is 8.42 Å². The molecule has 1 fully saturated rings. The summed E-state index contributed by atoms with van der Waals surface area (Å²) in [5, 5.41) is 0. The van der Waals surface area contributed by atoms with Gasteiger partial charge in [0.15, 0.2) is 0 Å². The average molecular weight is 312 g/mol. The minimum absolute atomic E-state index is 0.0916. The summed E-state index contributed by atoms with van der Waals surface area (Å²) in [6.07, 6.45) is 0.781. The predicted molar refractivity (Wildman–Crippen MR) is 82.3 cm³/mol. The molecule has 1 aliphatic heterocycles. The van der Waals surface area contributed by atoms with Gasteiger partial charge in [0.25, 0.3) is 10.2 Å². The second-order valence-electron chi connectivity index (χ2n) is 5.44. The number of aromatic nitrogens is 2. The van der Waals surface area contributed by atoms with Crippen LogP contribution < -0.4 is 0 Å². The summed E-state index contributed by atoms with van der Waals surface area (Å²) < 4.78 is 28.1. The molecule has 118 valence electrons. The predicted octanol–water partition coefficient (Wildman–Crippen LogP) is 1.47. The van der Waals surface area contributed by atoms with Crippen molar-refractivity contribution in [1.82, 2.24) is 18.6 Å². The Bertz CT molecular complexity index is 579. The van der Waals surface area contributed by atoms with Crippen LogP contribution in [0, 0.1) is 13.8 Å². The van der Waals surface area contributed by atoms with Crippen LogP contribution in [0.5, 0.6) is 0 Å². The van der Waals surface area contributed by atoms with Gasteiger partial charge >= 0.3 is 0 Å². The lowest BCUT2D eigenvalue weighted by Crippen LogP contribution is -2.42. The highest BCUT2D eigenvalue weighted by molar-refractivity contribution is 7.86. The Kier molecular flexibility index (Phi) is 4.95. The highest BCUT2D eigenvalue weighted by Crippen LogP contribution is 2.28. The third-order valence-corrected chi connectivity index (χ3v) is 6.03. The van der Waals surface area contributed by atoms with Crippen molar-refractivity contribution in [3.63, 3.8) is 0 Å². The molecule has 1 atom stereocenters. The van der Waals surface area contributed by atoms with Crippen LogP contribution in [-0.4, -0.2) is 53.2 Å². The van der Waals surface area contributed by atoms with Crippen LogP contribution in [0.2, 0.25) is 0 Å². The van der Waals surface area contributed by atoms with Crippen LogP contribution in [0.3, 0.4) is 0 Å². The molecule has 0 bridgehead atoms. The molecule has 0 N–H and O–H groups in total. The molecule has 0 saturated carbocycles. The SMILES string of the molecule is CCN(CC)S(=O)(=O)N1CC[C@@H](c2nc(C)cc(C)n2)C1. The largest absolute Gasteiger partial charge is 0.281 e. The molecular formula is C14H24N4O2S. The molecule has 1 aromatic rings. The number of aryl methyl sites for hydroxylation is 2. The fourth-order valence-corrected chi connectivity index (χ4v) is 4.48. The zero-order chi connectivity index (χ0) is 15.6. The molecule has 0 radical (unpaired) electrons. The van der Waals surface area contributed by atoms with E-state index in [-0.39, 0.29) is 5.92 Å². The molecular weight excluding hydrogens is 288 g/mol.